The molecular weight excluding hydrogens is 374 g/mol. The molecule has 3 aromatic rings. The van der Waals surface area contributed by atoms with E-state index in [0.717, 1.165) is 9.90 Å². The fraction of sp³-hybridized carbons (Fsp3) is 0.158. The van der Waals surface area contributed by atoms with Crippen LogP contribution in [0.2, 0.25) is 0 Å². The van der Waals surface area contributed by atoms with Gasteiger partial charge < -0.3 is 5.32 Å². The second kappa shape index (κ2) is 8.91. The first-order valence-electron chi connectivity index (χ1n) is 7.92. The standard InChI is InChI=1S/C19H16F2N2OS2/c20-15-7-5-13(6-8-15)10-22-18(24)9-16-12-26-19(23-16)25-11-14-3-1-2-4-17(14)21/h1-8,12H,9-11H2,(H,22,24). The molecule has 3 rings (SSSR count). The highest BCUT2D eigenvalue weighted by Crippen LogP contribution is 2.27. The molecule has 0 aliphatic heterocycles. The summed E-state index contributed by atoms with van der Waals surface area (Å²) in [5.74, 6) is -0.179. The Labute approximate surface area is 158 Å². The van der Waals surface area contributed by atoms with Crippen molar-refractivity contribution in [1.29, 1.82) is 0 Å². The molecule has 1 N–H and O–H groups in total. The predicted octanol–water partition coefficient (Wildman–Crippen LogP) is 4.57. The average molecular weight is 390 g/mol. The van der Waals surface area contributed by atoms with Gasteiger partial charge in [-0.2, -0.15) is 0 Å². The minimum absolute atomic E-state index is 0.148. The predicted molar refractivity (Wildman–Crippen MR) is 100 cm³/mol. The molecule has 0 unspecified atom stereocenters. The Balaban J connectivity index is 1.47. The summed E-state index contributed by atoms with van der Waals surface area (Å²) >= 11 is 2.89. The molecule has 0 saturated heterocycles. The number of thioether (sulfide) groups is 1. The van der Waals surface area contributed by atoms with Gasteiger partial charge in [-0.05, 0) is 29.3 Å². The summed E-state index contributed by atoms with van der Waals surface area (Å²) in [6.45, 7) is 0.345. The first-order chi connectivity index (χ1) is 12.6. The minimum Gasteiger partial charge on any atom is -0.352 e. The molecule has 0 saturated carbocycles. The summed E-state index contributed by atoms with van der Waals surface area (Å²) < 4.78 is 27.3. The van der Waals surface area contributed by atoms with Crippen LogP contribution in [-0.2, 0) is 23.5 Å². The molecule has 0 aliphatic rings. The van der Waals surface area contributed by atoms with Crippen molar-refractivity contribution in [2.45, 2.75) is 23.1 Å². The first-order valence-corrected chi connectivity index (χ1v) is 9.78. The van der Waals surface area contributed by atoms with Crippen LogP contribution in [0.4, 0.5) is 8.78 Å². The van der Waals surface area contributed by atoms with E-state index in [4.69, 9.17) is 0 Å². The third-order valence-electron chi connectivity index (χ3n) is 3.58. The van der Waals surface area contributed by atoms with Crippen LogP contribution in [0.25, 0.3) is 0 Å². The van der Waals surface area contributed by atoms with Crippen molar-refractivity contribution in [3.63, 3.8) is 0 Å². The smallest absolute Gasteiger partial charge is 0.226 e. The molecule has 0 aliphatic carbocycles. The van der Waals surface area contributed by atoms with Gasteiger partial charge in [0.25, 0.3) is 0 Å². The molecule has 0 fully saturated rings. The van der Waals surface area contributed by atoms with Gasteiger partial charge in [-0.15, -0.1) is 11.3 Å². The molecule has 134 valence electrons. The molecule has 1 aromatic heterocycles. The summed E-state index contributed by atoms with van der Waals surface area (Å²) in [6, 6.07) is 12.6. The molecule has 0 atom stereocenters. The van der Waals surface area contributed by atoms with Crippen molar-refractivity contribution in [2.24, 2.45) is 0 Å². The molecule has 1 heterocycles. The molecule has 2 aromatic carbocycles. The number of rotatable bonds is 7. The molecule has 0 radical (unpaired) electrons. The van der Waals surface area contributed by atoms with E-state index in [0.29, 0.717) is 23.6 Å². The van der Waals surface area contributed by atoms with Crippen LogP contribution in [0.5, 0.6) is 0 Å². The molecular formula is C19H16F2N2OS2. The maximum atomic E-state index is 13.6. The molecule has 7 heteroatoms. The largest absolute Gasteiger partial charge is 0.352 e. The summed E-state index contributed by atoms with van der Waals surface area (Å²) in [4.78, 5) is 16.4. The maximum Gasteiger partial charge on any atom is 0.226 e. The van der Waals surface area contributed by atoms with Gasteiger partial charge in [0.2, 0.25) is 5.91 Å². The lowest BCUT2D eigenvalue weighted by molar-refractivity contribution is -0.120. The normalized spacial score (nSPS) is 10.7. The van der Waals surface area contributed by atoms with Crippen LogP contribution in [0, 0.1) is 11.6 Å². The highest BCUT2D eigenvalue weighted by molar-refractivity contribution is 8.00. The zero-order valence-corrected chi connectivity index (χ0v) is 15.4. The fourth-order valence-corrected chi connectivity index (χ4v) is 4.05. The van der Waals surface area contributed by atoms with E-state index in [-0.39, 0.29) is 24.0 Å². The molecule has 3 nitrogen and oxygen atoms in total. The Morgan fingerprint density at radius 1 is 1.12 bits per heavy atom. The summed E-state index contributed by atoms with van der Waals surface area (Å²) in [5, 5.41) is 4.62. The lowest BCUT2D eigenvalue weighted by Gasteiger charge is -2.04. The Morgan fingerprint density at radius 3 is 2.65 bits per heavy atom. The average Bonchev–Trinajstić information content (AvgIpc) is 3.08. The summed E-state index contributed by atoms with van der Waals surface area (Å²) in [6.07, 6.45) is 0.179. The Bertz CT molecular complexity index is 881. The van der Waals surface area contributed by atoms with Crippen LogP contribution in [-0.4, -0.2) is 10.9 Å². The molecule has 26 heavy (non-hydrogen) atoms. The third-order valence-corrected chi connectivity index (χ3v) is 5.70. The zero-order chi connectivity index (χ0) is 18.4. The van der Waals surface area contributed by atoms with Gasteiger partial charge in [0.15, 0.2) is 0 Å². The quantitative estimate of drug-likeness (QED) is 0.601. The Morgan fingerprint density at radius 2 is 1.88 bits per heavy atom. The van der Waals surface area contributed by atoms with E-state index >= 15 is 0 Å². The second-order valence-corrected chi connectivity index (χ2v) is 7.65. The van der Waals surface area contributed by atoms with E-state index < -0.39 is 0 Å². The number of aromatic nitrogens is 1. The number of thiazole rings is 1. The lowest BCUT2D eigenvalue weighted by atomic mass is 10.2. The van der Waals surface area contributed by atoms with Crippen LogP contribution < -0.4 is 5.32 Å². The topological polar surface area (TPSA) is 42.0 Å². The number of nitrogens with one attached hydrogen (secondary N) is 1. The van der Waals surface area contributed by atoms with Gasteiger partial charge in [0.1, 0.15) is 16.0 Å². The Hall–Kier alpha value is -2.25. The summed E-state index contributed by atoms with van der Waals surface area (Å²) in [5.41, 5.74) is 2.15. The Kier molecular flexibility index (Phi) is 6.35. The molecule has 0 bridgehead atoms. The minimum atomic E-state index is -0.303. The van der Waals surface area contributed by atoms with Gasteiger partial charge >= 0.3 is 0 Å². The second-order valence-electron chi connectivity index (χ2n) is 5.56. The van der Waals surface area contributed by atoms with Gasteiger partial charge in [-0.3, -0.25) is 4.79 Å². The van der Waals surface area contributed by atoms with Crippen LogP contribution in [0.1, 0.15) is 16.8 Å². The molecule has 1 amide bonds. The van der Waals surface area contributed by atoms with Crippen molar-refractivity contribution in [2.75, 3.05) is 0 Å². The van der Waals surface area contributed by atoms with Crippen molar-refractivity contribution >= 4 is 29.0 Å². The molecule has 0 spiro atoms. The monoisotopic (exact) mass is 390 g/mol. The number of hydrogen-bond acceptors (Lipinski definition) is 4. The van der Waals surface area contributed by atoms with Gasteiger partial charge in [0.05, 0.1) is 12.1 Å². The highest BCUT2D eigenvalue weighted by Gasteiger charge is 2.09. The van der Waals surface area contributed by atoms with E-state index in [1.165, 1.54) is 41.3 Å². The first kappa shape index (κ1) is 18.5. The van der Waals surface area contributed by atoms with Crippen molar-refractivity contribution < 1.29 is 13.6 Å². The third kappa shape index (κ3) is 5.37. The number of carbonyl (C=O) groups excluding carboxylic acids is 1. The maximum absolute atomic E-state index is 13.6. The van der Waals surface area contributed by atoms with Crippen LogP contribution in [0.3, 0.4) is 0 Å². The number of hydrogen-bond donors (Lipinski definition) is 1. The van der Waals surface area contributed by atoms with Gasteiger partial charge in [0, 0.05) is 17.7 Å². The number of nitrogens with zero attached hydrogens (tertiary/aromatic N) is 1. The zero-order valence-electron chi connectivity index (χ0n) is 13.7. The van der Waals surface area contributed by atoms with E-state index in [2.05, 4.69) is 10.3 Å². The SMILES string of the molecule is O=C(Cc1csc(SCc2ccccc2F)n1)NCc1ccc(F)cc1. The lowest BCUT2D eigenvalue weighted by Crippen LogP contribution is -2.24. The van der Waals surface area contributed by atoms with E-state index in [1.807, 2.05) is 5.38 Å². The van der Waals surface area contributed by atoms with Crippen LogP contribution >= 0.6 is 23.1 Å². The van der Waals surface area contributed by atoms with Crippen molar-refractivity contribution in [1.82, 2.24) is 10.3 Å². The van der Waals surface area contributed by atoms with Gasteiger partial charge in [-0.25, -0.2) is 13.8 Å². The van der Waals surface area contributed by atoms with Crippen molar-refractivity contribution in [3.8, 4) is 0 Å². The van der Waals surface area contributed by atoms with E-state index in [9.17, 15) is 13.6 Å². The number of amides is 1. The fourth-order valence-electron chi connectivity index (χ4n) is 2.22. The number of benzene rings is 2. The van der Waals surface area contributed by atoms with Crippen molar-refractivity contribution in [3.05, 3.63) is 82.4 Å². The highest BCUT2D eigenvalue weighted by atomic mass is 32.2. The van der Waals surface area contributed by atoms with Crippen LogP contribution in [0.15, 0.2) is 58.3 Å². The van der Waals surface area contributed by atoms with E-state index in [1.54, 1.807) is 30.3 Å². The van der Waals surface area contributed by atoms with Gasteiger partial charge in [-0.1, -0.05) is 42.1 Å². The number of carbonyl (C=O) groups is 1. The summed E-state index contributed by atoms with van der Waals surface area (Å²) in [7, 11) is 0. The number of halogens is 2.